The summed E-state index contributed by atoms with van der Waals surface area (Å²) in [4.78, 5) is 4.68. The maximum Gasteiger partial charge on any atom is 0.416 e. The molecule has 0 radical (unpaired) electrons. The molecule has 10 heteroatoms. The van der Waals surface area contributed by atoms with Crippen LogP contribution < -0.4 is 0 Å². The molecule has 2 aliphatic rings. The molecule has 1 aliphatic heterocycles. The van der Waals surface area contributed by atoms with Crippen LogP contribution in [-0.4, -0.2) is 66.9 Å². The van der Waals surface area contributed by atoms with Gasteiger partial charge in [0.05, 0.1) is 17.3 Å². The Hall–Kier alpha value is -3.76. The van der Waals surface area contributed by atoms with Crippen LogP contribution in [0, 0.1) is 19.8 Å². The smallest absolute Gasteiger partial charge is 0.346 e. The third-order valence-electron chi connectivity index (χ3n) is 8.48. The van der Waals surface area contributed by atoms with Crippen LogP contribution in [-0.2, 0) is 13.6 Å². The number of allylic oxidation sites excluding steroid dienone is 3. The Labute approximate surface area is 237 Å². The van der Waals surface area contributed by atoms with Crippen molar-refractivity contribution in [2.45, 2.75) is 39.0 Å². The van der Waals surface area contributed by atoms with Gasteiger partial charge in [0.15, 0.2) is 5.82 Å². The van der Waals surface area contributed by atoms with Gasteiger partial charge in [-0.25, -0.2) is 0 Å². The summed E-state index contributed by atoms with van der Waals surface area (Å²) < 4.78 is 45.3. The van der Waals surface area contributed by atoms with E-state index in [4.69, 9.17) is 0 Å². The minimum Gasteiger partial charge on any atom is -0.346 e. The molecule has 0 bridgehead atoms. The highest BCUT2D eigenvalue weighted by molar-refractivity contribution is 5.81. The van der Waals surface area contributed by atoms with Crippen molar-refractivity contribution < 1.29 is 13.2 Å². The second-order valence-corrected chi connectivity index (χ2v) is 11.1. The van der Waals surface area contributed by atoms with Gasteiger partial charge in [0.25, 0.3) is 0 Å². The maximum absolute atomic E-state index is 13.8. The van der Waals surface area contributed by atoms with Crippen LogP contribution in [0.3, 0.4) is 0 Å². The van der Waals surface area contributed by atoms with Gasteiger partial charge < -0.3 is 4.57 Å². The number of aryl methyl sites for hydroxylation is 3. The SMILES string of the molecule is Cc1cccc(C)c1-n1nnnc1[C@H](C1C=C(C(F)(F)F)C=CC1)N1CCN(Cc2cc3ccccc3n2C)CC1. The lowest BCUT2D eigenvalue weighted by molar-refractivity contribution is -0.0892. The van der Waals surface area contributed by atoms with Gasteiger partial charge in [-0.15, -0.1) is 5.10 Å². The van der Waals surface area contributed by atoms with Crippen LogP contribution in [0.4, 0.5) is 13.2 Å². The van der Waals surface area contributed by atoms with E-state index in [2.05, 4.69) is 67.3 Å². The standard InChI is InChI=1S/C31H34F3N7/c1-21-8-6-9-22(2)28(21)41-30(35-36-37-41)29(24-11-7-12-25(18-24)31(32,33)34)40-16-14-39(15-17-40)20-26-19-23-10-4-5-13-27(23)38(26)3/h4-10,12-13,18-19,24,29H,11,14-17,20H2,1-3H3/t24?,29-/m0/s1. The fourth-order valence-corrected chi connectivity index (χ4v) is 6.34. The van der Waals surface area contributed by atoms with E-state index in [1.807, 2.05) is 32.0 Å². The Kier molecular flexibility index (Phi) is 7.29. The number of alkyl halides is 3. The van der Waals surface area contributed by atoms with Gasteiger partial charge in [0.2, 0.25) is 0 Å². The molecule has 0 saturated carbocycles. The molecule has 0 amide bonds. The molecule has 7 nitrogen and oxygen atoms in total. The fraction of sp³-hybridized carbons (Fsp3) is 0.387. The molecule has 4 aromatic rings. The van der Waals surface area contributed by atoms with E-state index in [0.717, 1.165) is 36.4 Å². The minimum absolute atomic E-state index is 0.411. The number of fused-ring (bicyclic) bond motifs is 1. The van der Waals surface area contributed by atoms with Crippen molar-refractivity contribution >= 4 is 10.9 Å². The quantitative estimate of drug-likeness (QED) is 0.303. The summed E-state index contributed by atoms with van der Waals surface area (Å²) in [6.45, 7) is 7.79. The average Bonchev–Trinajstić information content (AvgIpc) is 3.54. The Morgan fingerprint density at radius 1 is 0.976 bits per heavy atom. The molecule has 1 unspecified atom stereocenters. The van der Waals surface area contributed by atoms with E-state index in [1.165, 1.54) is 28.7 Å². The summed E-state index contributed by atoms with van der Waals surface area (Å²) in [6.07, 6.45) is 0.264. The fourth-order valence-electron chi connectivity index (χ4n) is 6.34. The summed E-state index contributed by atoms with van der Waals surface area (Å²) in [5.41, 5.74) is 4.72. The highest BCUT2D eigenvalue weighted by Gasteiger charge is 2.39. The van der Waals surface area contributed by atoms with Crippen molar-refractivity contribution in [3.8, 4) is 5.69 Å². The van der Waals surface area contributed by atoms with Crippen molar-refractivity contribution in [1.82, 2.24) is 34.6 Å². The molecule has 0 N–H and O–H groups in total. The molecule has 0 spiro atoms. The van der Waals surface area contributed by atoms with Crippen molar-refractivity contribution in [2.75, 3.05) is 26.2 Å². The summed E-state index contributed by atoms with van der Waals surface area (Å²) in [5, 5.41) is 14.0. The van der Waals surface area contributed by atoms with E-state index in [1.54, 1.807) is 10.8 Å². The maximum atomic E-state index is 13.8. The summed E-state index contributed by atoms with van der Waals surface area (Å²) in [7, 11) is 2.10. The lowest BCUT2D eigenvalue weighted by Gasteiger charge is -2.41. The summed E-state index contributed by atoms with van der Waals surface area (Å²) in [5.74, 6) is 0.151. The van der Waals surface area contributed by atoms with Crippen molar-refractivity contribution in [3.05, 3.63) is 95.0 Å². The summed E-state index contributed by atoms with van der Waals surface area (Å²) in [6, 6.07) is 16.2. The van der Waals surface area contributed by atoms with Crippen LogP contribution in [0.25, 0.3) is 16.6 Å². The lowest BCUT2D eigenvalue weighted by atomic mass is 9.87. The zero-order valence-electron chi connectivity index (χ0n) is 23.5. The van der Waals surface area contributed by atoms with Crippen molar-refractivity contribution in [3.63, 3.8) is 0 Å². The average molecular weight is 562 g/mol. The monoisotopic (exact) mass is 561 g/mol. The lowest BCUT2D eigenvalue weighted by Crippen LogP contribution is -2.49. The molecular weight excluding hydrogens is 527 g/mol. The van der Waals surface area contributed by atoms with Gasteiger partial charge in [-0.1, -0.05) is 54.6 Å². The first-order chi connectivity index (χ1) is 19.7. The molecule has 1 saturated heterocycles. The van der Waals surface area contributed by atoms with E-state index >= 15 is 0 Å². The van der Waals surface area contributed by atoms with Gasteiger partial charge in [-0.05, 0) is 59.3 Å². The van der Waals surface area contributed by atoms with Gasteiger partial charge in [-0.3, -0.25) is 9.80 Å². The third kappa shape index (κ3) is 5.34. The number of aromatic nitrogens is 5. The number of rotatable bonds is 6. The van der Waals surface area contributed by atoms with E-state index < -0.39 is 23.7 Å². The topological polar surface area (TPSA) is 55.0 Å². The first kappa shape index (κ1) is 27.4. The van der Waals surface area contributed by atoms with Crippen molar-refractivity contribution in [2.24, 2.45) is 13.0 Å². The van der Waals surface area contributed by atoms with Gasteiger partial charge >= 0.3 is 6.18 Å². The molecule has 41 heavy (non-hydrogen) atoms. The zero-order valence-corrected chi connectivity index (χ0v) is 23.5. The Bertz CT molecular complexity index is 1590. The number of hydrogen-bond acceptors (Lipinski definition) is 5. The zero-order chi connectivity index (χ0) is 28.7. The van der Waals surface area contributed by atoms with E-state index in [0.29, 0.717) is 25.3 Å². The highest BCUT2D eigenvalue weighted by Crippen LogP contribution is 2.39. The Morgan fingerprint density at radius 3 is 2.41 bits per heavy atom. The predicted octanol–water partition coefficient (Wildman–Crippen LogP) is 5.69. The molecule has 214 valence electrons. The summed E-state index contributed by atoms with van der Waals surface area (Å²) >= 11 is 0. The van der Waals surface area contributed by atoms with Crippen LogP contribution in [0.5, 0.6) is 0 Å². The number of benzene rings is 2. The van der Waals surface area contributed by atoms with Crippen LogP contribution in [0.2, 0.25) is 0 Å². The number of nitrogens with zero attached hydrogens (tertiary/aromatic N) is 7. The van der Waals surface area contributed by atoms with E-state index in [-0.39, 0.29) is 0 Å². The number of hydrogen-bond donors (Lipinski definition) is 0. The highest BCUT2D eigenvalue weighted by atomic mass is 19.4. The minimum atomic E-state index is -4.41. The molecule has 2 aromatic heterocycles. The second-order valence-electron chi connectivity index (χ2n) is 11.1. The van der Waals surface area contributed by atoms with Crippen molar-refractivity contribution in [1.29, 1.82) is 0 Å². The number of piperazine rings is 1. The van der Waals surface area contributed by atoms with Crippen LogP contribution in [0.1, 0.15) is 35.1 Å². The Balaban J connectivity index is 1.30. The molecule has 1 aliphatic carbocycles. The molecule has 2 atom stereocenters. The molecule has 2 aromatic carbocycles. The predicted molar refractivity (Wildman–Crippen MR) is 153 cm³/mol. The first-order valence-electron chi connectivity index (χ1n) is 14.0. The molecule has 1 fully saturated rings. The van der Waals surface area contributed by atoms with E-state index in [9.17, 15) is 13.2 Å². The first-order valence-corrected chi connectivity index (χ1v) is 14.0. The number of para-hydroxylation sites is 2. The second kappa shape index (κ2) is 10.9. The normalized spacial score (nSPS) is 19.6. The Morgan fingerprint density at radius 2 is 1.71 bits per heavy atom. The number of halogens is 3. The largest absolute Gasteiger partial charge is 0.416 e. The molecule has 3 heterocycles. The van der Waals surface area contributed by atoms with Gasteiger partial charge in [0.1, 0.15) is 0 Å². The third-order valence-corrected chi connectivity index (χ3v) is 8.48. The van der Waals surface area contributed by atoms with Crippen LogP contribution >= 0.6 is 0 Å². The molecular formula is C31H34F3N7. The molecule has 6 rings (SSSR count). The van der Waals surface area contributed by atoms with Gasteiger partial charge in [-0.2, -0.15) is 17.9 Å². The van der Waals surface area contributed by atoms with Crippen LogP contribution in [0.15, 0.2) is 72.3 Å². The number of tetrazole rings is 1. The van der Waals surface area contributed by atoms with Gasteiger partial charge in [0, 0.05) is 56.9 Å².